The van der Waals surface area contributed by atoms with Gasteiger partial charge in [0.15, 0.2) is 0 Å². The first kappa shape index (κ1) is 12.9. The van der Waals surface area contributed by atoms with Crippen LogP contribution in [0, 0.1) is 0 Å². The van der Waals surface area contributed by atoms with Crippen LogP contribution < -0.4 is 11.1 Å². The molecule has 5 heteroatoms. The van der Waals surface area contributed by atoms with Crippen LogP contribution >= 0.6 is 11.3 Å². The van der Waals surface area contributed by atoms with E-state index in [0.29, 0.717) is 11.3 Å². The Morgan fingerprint density at radius 1 is 1.15 bits per heavy atom. The lowest BCUT2D eigenvalue weighted by Gasteiger charge is -2.04. The van der Waals surface area contributed by atoms with Crippen LogP contribution in [0.25, 0.3) is 0 Å². The van der Waals surface area contributed by atoms with E-state index in [-0.39, 0.29) is 5.91 Å². The van der Waals surface area contributed by atoms with Crippen LogP contribution in [0.5, 0.6) is 0 Å². The Morgan fingerprint density at radius 3 is 2.55 bits per heavy atom. The van der Waals surface area contributed by atoms with Gasteiger partial charge < -0.3 is 11.1 Å². The number of nitrogens with two attached hydrogens (primary N) is 1. The second-order valence-corrected chi connectivity index (χ2v) is 5.95. The average Bonchev–Trinajstić information content (AvgIpc) is 2.99. The van der Waals surface area contributed by atoms with Crippen molar-refractivity contribution < 1.29 is 9.59 Å². The molecule has 0 atom stereocenters. The summed E-state index contributed by atoms with van der Waals surface area (Å²) in [6, 6.07) is 8.55. The van der Waals surface area contributed by atoms with Gasteiger partial charge in [0.05, 0.1) is 4.88 Å². The molecule has 0 saturated heterocycles. The zero-order chi connectivity index (χ0) is 14.1. The molecule has 102 valence electrons. The van der Waals surface area contributed by atoms with Crippen LogP contribution in [-0.2, 0) is 12.8 Å². The molecule has 2 aromatic rings. The Bertz CT molecular complexity index is 652. The fourth-order valence-corrected chi connectivity index (χ4v) is 3.50. The number of primary amides is 1. The summed E-state index contributed by atoms with van der Waals surface area (Å²) in [6.07, 6.45) is 3.35. The molecule has 2 amide bonds. The third kappa shape index (κ3) is 2.44. The SMILES string of the molecule is NC(=O)c1ccc(NC(=O)c2cc3c(s2)CCC3)cc1. The van der Waals surface area contributed by atoms with Crippen LogP contribution in [0.4, 0.5) is 5.69 Å². The van der Waals surface area contributed by atoms with Gasteiger partial charge >= 0.3 is 0 Å². The Balaban J connectivity index is 1.73. The van der Waals surface area contributed by atoms with Crippen molar-refractivity contribution in [2.45, 2.75) is 19.3 Å². The molecule has 0 aliphatic heterocycles. The van der Waals surface area contributed by atoms with E-state index in [2.05, 4.69) is 5.32 Å². The molecule has 1 aliphatic rings. The Labute approximate surface area is 120 Å². The van der Waals surface area contributed by atoms with Gasteiger partial charge in [-0.2, -0.15) is 0 Å². The number of hydrogen-bond acceptors (Lipinski definition) is 3. The number of hydrogen-bond donors (Lipinski definition) is 2. The number of benzene rings is 1. The Morgan fingerprint density at radius 2 is 1.90 bits per heavy atom. The molecule has 0 spiro atoms. The molecule has 20 heavy (non-hydrogen) atoms. The zero-order valence-corrected chi connectivity index (χ0v) is 11.6. The van der Waals surface area contributed by atoms with Crippen molar-refractivity contribution in [3.63, 3.8) is 0 Å². The molecule has 1 aromatic carbocycles. The third-order valence-corrected chi connectivity index (χ3v) is 4.63. The van der Waals surface area contributed by atoms with Crippen molar-refractivity contribution in [3.05, 3.63) is 51.2 Å². The highest BCUT2D eigenvalue weighted by Crippen LogP contribution is 2.30. The molecule has 0 bridgehead atoms. The van der Waals surface area contributed by atoms with E-state index in [0.717, 1.165) is 17.7 Å². The number of nitrogens with one attached hydrogen (secondary N) is 1. The predicted octanol–water partition coefficient (Wildman–Crippen LogP) is 2.59. The van der Waals surface area contributed by atoms with E-state index in [9.17, 15) is 9.59 Å². The standard InChI is InChI=1S/C15H14N2O2S/c16-14(18)9-4-6-11(7-5-9)17-15(19)13-8-10-2-1-3-12(10)20-13/h4-8H,1-3H2,(H2,16,18)(H,17,19). The van der Waals surface area contributed by atoms with Crippen molar-refractivity contribution >= 4 is 28.8 Å². The highest BCUT2D eigenvalue weighted by molar-refractivity contribution is 7.14. The fourth-order valence-electron chi connectivity index (χ4n) is 2.35. The first-order valence-electron chi connectivity index (χ1n) is 6.46. The number of amides is 2. The van der Waals surface area contributed by atoms with E-state index in [1.165, 1.54) is 16.9 Å². The Hall–Kier alpha value is -2.14. The monoisotopic (exact) mass is 286 g/mol. The van der Waals surface area contributed by atoms with Crippen molar-refractivity contribution in [1.29, 1.82) is 0 Å². The quantitative estimate of drug-likeness (QED) is 0.910. The van der Waals surface area contributed by atoms with Gasteiger partial charge in [-0.3, -0.25) is 9.59 Å². The number of aryl methyl sites for hydroxylation is 2. The second-order valence-electron chi connectivity index (χ2n) is 4.81. The van der Waals surface area contributed by atoms with E-state index in [4.69, 9.17) is 5.73 Å². The van der Waals surface area contributed by atoms with E-state index in [1.54, 1.807) is 35.6 Å². The number of anilines is 1. The minimum absolute atomic E-state index is 0.101. The molecule has 0 saturated carbocycles. The van der Waals surface area contributed by atoms with Gasteiger partial charge in [0.1, 0.15) is 0 Å². The van der Waals surface area contributed by atoms with Gasteiger partial charge in [-0.15, -0.1) is 11.3 Å². The van der Waals surface area contributed by atoms with Crippen LogP contribution in [0.1, 0.15) is 36.9 Å². The van der Waals surface area contributed by atoms with E-state index in [1.807, 2.05) is 6.07 Å². The number of carbonyl (C=O) groups is 2. The summed E-state index contributed by atoms with van der Waals surface area (Å²) in [7, 11) is 0. The van der Waals surface area contributed by atoms with Gasteiger partial charge in [-0.25, -0.2) is 0 Å². The number of carbonyl (C=O) groups excluding carboxylic acids is 2. The molecule has 0 radical (unpaired) electrons. The Kier molecular flexibility index (Phi) is 3.28. The number of rotatable bonds is 3. The predicted molar refractivity (Wildman–Crippen MR) is 79.3 cm³/mol. The average molecular weight is 286 g/mol. The van der Waals surface area contributed by atoms with Gasteiger partial charge in [-0.1, -0.05) is 0 Å². The van der Waals surface area contributed by atoms with Crippen LogP contribution in [-0.4, -0.2) is 11.8 Å². The number of thiophene rings is 1. The minimum atomic E-state index is -0.474. The van der Waals surface area contributed by atoms with Gasteiger partial charge in [-0.05, 0) is 55.2 Å². The van der Waals surface area contributed by atoms with E-state index < -0.39 is 5.91 Å². The molecule has 1 aliphatic carbocycles. The molecular formula is C15H14N2O2S. The van der Waals surface area contributed by atoms with Crippen LogP contribution in [0.3, 0.4) is 0 Å². The molecule has 3 N–H and O–H groups in total. The van der Waals surface area contributed by atoms with Crippen molar-refractivity contribution in [3.8, 4) is 0 Å². The lowest BCUT2D eigenvalue weighted by molar-refractivity contribution is 0.0998. The van der Waals surface area contributed by atoms with Gasteiger partial charge in [0.25, 0.3) is 5.91 Å². The van der Waals surface area contributed by atoms with Crippen LogP contribution in [0.15, 0.2) is 30.3 Å². The maximum absolute atomic E-state index is 12.1. The van der Waals surface area contributed by atoms with Gasteiger partial charge in [0.2, 0.25) is 5.91 Å². The van der Waals surface area contributed by atoms with Gasteiger partial charge in [0, 0.05) is 16.1 Å². The summed E-state index contributed by atoms with van der Waals surface area (Å²) >= 11 is 1.57. The largest absolute Gasteiger partial charge is 0.366 e. The topological polar surface area (TPSA) is 72.2 Å². The normalized spacial score (nSPS) is 13.0. The number of fused-ring (bicyclic) bond motifs is 1. The summed E-state index contributed by atoms with van der Waals surface area (Å²) < 4.78 is 0. The minimum Gasteiger partial charge on any atom is -0.366 e. The summed E-state index contributed by atoms with van der Waals surface area (Å²) in [5, 5.41) is 2.83. The molecule has 3 rings (SSSR count). The molecule has 4 nitrogen and oxygen atoms in total. The third-order valence-electron chi connectivity index (χ3n) is 3.40. The maximum Gasteiger partial charge on any atom is 0.265 e. The molecule has 1 heterocycles. The van der Waals surface area contributed by atoms with Crippen molar-refractivity contribution in [2.75, 3.05) is 5.32 Å². The fraction of sp³-hybridized carbons (Fsp3) is 0.200. The maximum atomic E-state index is 12.1. The summed E-state index contributed by atoms with van der Waals surface area (Å²) in [4.78, 5) is 25.2. The first-order chi connectivity index (χ1) is 9.63. The lowest BCUT2D eigenvalue weighted by atomic mass is 10.2. The molecule has 0 fully saturated rings. The zero-order valence-electron chi connectivity index (χ0n) is 10.8. The van der Waals surface area contributed by atoms with Crippen LogP contribution in [0.2, 0.25) is 0 Å². The first-order valence-corrected chi connectivity index (χ1v) is 7.28. The smallest absolute Gasteiger partial charge is 0.265 e. The lowest BCUT2D eigenvalue weighted by Crippen LogP contribution is -2.12. The molecule has 1 aromatic heterocycles. The highest BCUT2D eigenvalue weighted by atomic mass is 32.1. The summed E-state index contributed by atoms with van der Waals surface area (Å²) in [5.41, 5.74) is 7.57. The molecular weight excluding hydrogens is 272 g/mol. The van der Waals surface area contributed by atoms with Crippen molar-refractivity contribution in [1.82, 2.24) is 0 Å². The summed E-state index contributed by atoms with van der Waals surface area (Å²) in [6.45, 7) is 0. The van der Waals surface area contributed by atoms with E-state index >= 15 is 0 Å². The van der Waals surface area contributed by atoms with Crippen molar-refractivity contribution in [2.24, 2.45) is 5.73 Å². The highest BCUT2D eigenvalue weighted by Gasteiger charge is 2.18. The summed E-state index contributed by atoms with van der Waals surface area (Å²) in [5.74, 6) is -0.575. The molecule has 0 unspecified atom stereocenters. The second kappa shape index (κ2) is 5.09.